The van der Waals surface area contributed by atoms with Gasteiger partial charge in [-0.3, -0.25) is 14.4 Å². The first-order chi connectivity index (χ1) is 18.7. The molecule has 2 aliphatic rings. The SMILES string of the molecule is C=C/C=C(Oc1cc(Cl)c(C(=O)NCCC(=O)O)cc1Cl)\C(=C/N)C(=O)N1CCN(C2CC2)c2ccccc21. The molecule has 2 aromatic rings. The topological polar surface area (TPSA) is 125 Å². The van der Waals surface area contributed by atoms with Gasteiger partial charge in [0.25, 0.3) is 11.8 Å². The molecular formula is C28H28Cl2N4O5. The van der Waals surface area contributed by atoms with Gasteiger partial charge in [-0.2, -0.15) is 0 Å². The fourth-order valence-corrected chi connectivity index (χ4v) is 4.77. The Morgan fingerprint density at radius 1 is 1.13 bits per heavy atom. The van der Waals surface area contributed by atoms with E-state index in [9.17, 15) is 14.4 Å². The largest absolute Gasteiger partial charge is 0.481 e. The molecule has 0 saturated heterocycles. The van der Waals surface area contributed by atoms with Gasteiger partial charge in [0.1, 0.15) is 11.5 Å². The first kappa shape index (κ1) is 28.1. The summed E-state index contributed by atoms with van der Waals surface area (Å²) in [5.41, 5.74) is 7.86. The van der Waals surface area contributed by atoms with Crippen LogP contribution in [-0.2, 0) is 9.59 Å². The Hall–Kier alpha value is -3.95. The lowest BCUT2D eigenvalue weighted by molar-refractivity contribution is -0.136. The van der Waals surface area contributed by atoms with Crippen LogP contribution in [0.3, 0.4) is 0 Å². The number of carbonyl (C=O) groups excluding carboxylic acids is 2. The Morgan fingerprint density at radius 3 is 2.49 bits per heavy atom. The highest BCUT2D eigenvalue weighted by molar-refractivity contribution is 6.36. The molecule has 2 amide bonds. The minimum atomic E-state index is -1.05. The maximum atomic E-state index is 13.8. The molecule has 0 atom stereocenters. The number of benzene rings is 2. The minimum Gasteiger partial charge on any atom is -0.481 e. The van der Waals surface area contributed by atoms with Crippen molar-refractivity contribution in [2.75, 3.05) is 29.4 Å². The number of hydrogen-bond acceptors (Lipinski definition) is 6. The number of carboxylic acid groups (broad SMARTS) is 1. The Kier molecular flexibility index (Phi) is 8.83. The number of allylic oxidation sites excluding steroid dienone is 2. The zero-order valence-corrected chi connectivity index (χ0v) is 22.5. The molecule has 1 aliphatic carbocycles. The molecule has 0 unspecified atom stereocenters. The predicted molar refractivity (Wildman–Crippen MR) is 151 cm³/mol. The van der Waals surface area contributed by atoms with Crippen LogP contribution < -0.4 is 25.6 Å². The number of para-hydroxylation sites is 2. The Balaban J connectivity index is 1.56. The molecule has 2 aromatic carbocycles. The Bertz CT molecular complexity index is 1370. The molecule has 0 spiro atoms. The maximum Gasteiger partial charge on any atom is 0.305 e. The standard InChI is InChI=1S/C28H28Cl2N4O5/c1-2-5-24(39-25-15-20(29)18(14-21(25)30)27(37)32-11-10-26(35)36)19(16-31)28(38)34-13-12-33(17-8-9-17)22-6-3-4-7-23(22)34/h2-7,14-17H,1,8-13,31H2,(H,32,37)(H,35,36)/b19-16+,24-5+. The van der Waals surface area contributed by atoms with Crippen molar-refractivity contribution >= 4 is 52.4 Å². The van der Waals surface area contributed by atoms with E-state index in [-0.39, 0.29) is 51.6 Å². The number of amides is 2. The smallest absolute Gasteiger partial charge is 0.305 e. The van der Waals surface area contributed by atoms with Crippen LogP contribution in [-0.4, -0.2) is 48.6 Å². The van der Waals surface area contributed by atoms with Crippen molar-refractivity contribution in [3.05, 3.63) is 88.3 Å². The number of aliphatic carboxylic acids is 1. The molecule has 0 bridgehead atoms. The predicted octanol–water partition coefficient (Wildman–Crippen LogP) is 4.50. The van der Waals surface area contributed by atoms with Crippen LogP contribution in [0.15, 0.2) is 72.7 Å². The summed E-state index contributed by atoms with van der Waals surface area (Å²) in [7, 11) is 0. The highest BCUT2D eigenvalue weighted by atomic mass is 35.5. The molecule has 204 valence electrons. The lowest BCUT2D eigenvalue weighted by atomic mass is 10.1. The zero-order valence-electron chi connectivity index (χ0n) is 21.0. The van der Waals surface area contributed by atoms with Gasteiger partial charge >= 0.3 is 5.97 Å². The van der Waals surface area contributed by atoms with Gasteiger partial charge in [0, 0.05) is 37.9 Å². The normalized spacial score (nSPS) is 15.4. The number of anilines is 2. The number of hydrogen-bond donors (Lipinski definition) is 3. The van der Waals surface area contributed by atoms with Gasteiger partial charge in [0.15, 0.2) is 0 Å². The molecule has 0 aromatic heterocycles. The molecule has 9 nitrogen and oxygen atoms in total. The van der Waals surface area contributed by atoms with Crippen LogP contribution in [0.1, 0.15) is 29.6 Å². The number of ether oxygens (including phenoxy) is 1. The second kappa shape index (κ2) is 12.3. The first-order valence-electron chi connectivity index (χ1n) is 12.3. The molecule has 1 aliphatic heterocycles. The molecule has 11 heteroatoms. The lowest BCUT2D eigenvalue weighted by Gasteiger charge is -2.38. The number of carbonyl (C=O) groups is 3. The van der Waals surface area contributed by atoms with Gasteiger partial charge in [0.05, 0.1) is 39.0 Å². The molecule has 1 fully saturated rings. The van der Waals surface area contributed by atoms with E-state index in [1.54, 1.807) is 4.90 Å². The lowest BCUT2D eigenvalue weighted by Crippen LogP contribution is -2.45. The molecule has 4 rings (SSSR count). The van der Waals surface area contributed by atoms with E-state index in [0.717, 1.165) is 24.2 Å². The summed E-state index contributed by atoms with van der Waals surface area (Å²) in [5, 5.41) is 11.3. The van der Waals surface area contributed by atoms with Gasteiger partial charge in [-0.15, -0.1) is 0 Å². The molecule has 1 saturated carbocycles. The van der Waals surface area contributed by atoms with Crippen LogP contribution in [0.25, 0.3) is 0 Å². The summed E-state index contributed by atoms with van der Waals surface area (Å²) in [5.74, 6) is -1.81. The second-order valence-electron chi connectivity index (χ2n) is 8.98. The molecule has 1 heterocycles. The Labute approximate surface area is 236 Å². The van der Waals surface area contributed by atoms with Crippen molar-refractivity contribution in [3.8, 4) is 5.75 Å². The third kappa shape index (κ3) is 6.38. The van der Waals surface area contributed by atoms with Crippen molar-refractivity contribution in [2.45, 2.75) is 25.3 Å². The van der Waals surface area contributed by atoms with Crippen LogP contribution in [0.2, 0.25) is 10.0 Å². The van der Waals surface area contributed by atoms with Crippen molar-refractivity contribution in [1.29, 1.82) is 0 Å². The summed E-state index contributed by atoms with van der Waals surface area (Å²) in [6.45, 7) is 4.81. The highest BCUT2D eigenvalue weighted by Gasteiger charge is 2.36. The van der Waals surface area contributed by atoms with Crippen LogP contribution in [0.5, 0.6) is 5.75 Å². The zero-order chi connectivity index (χ0) is 28.1. The number of halogens is 2. The average molecular weight is 571 g/mol. The number of rotatable bonds is 10. The summed E-state index contributed by atoms with van der Waals surface area (Å²) in [6.07, 6.45) is 6.15. The fraction of sp³-hybridized carbons (Fsp3) is 0.250. The fourth-order valence-electron chi connectivity index (χ4n) is 4.33. The number of fused-ring (bicyclic) bond motifs is 1. The van der Waals surface area contributed by atoms with Crippen LogP contribution >= 0.6 is 23.2 Å². The average Bonchev–Trinajstić information content (AvgIpc) is 3.75. The van der Waals surface area contributed by atoms with Gasteiger partial charge in [0.2, 0.25) is 0 Å². The summed E-state index contributed by atoms with van der Waals surface area (Å²) in [6, 6.07) is 10.9. The quantitative estimate of drug-likeness (QED) is 0.218. The maximum absolute atomic E-state index is 13.8. The van der Waals surface area contributed by atoms with Gasteiger partial charge < -0.3 is 30.7 Å². The van der Waals surface area contributed by atoms with Gasteiger partial charge in [-0.1, -0.05) is 48.0 Å². The third-order valence-electron chi connectivity index (χ3n) is 6.32. The van der Waals surface area contributed by atoms with E-state index in [4.69, 9.17) is 38.8 Å². The summed E-state index contributed by atoms with van der Waals surface area (Å²) < 4.78 is 5.99. The van der Waals surface area contributed by atoms with E-state index in [1.165, 1.54) is 30.5 Å². The molecular weight excluding hydrogens is 543 g/mol. The van der Waals surface area contributed by atoms with Crippen molar-refractivity contribution < 1.29 is 24.2 Å². The van der Waals surface area contributed by atoms with E-state index in [2.05, 4.69) is 16.8 Å². The second-order valence-corrected chi connectivity index (χ2v) is 9.80. The number of nitrogens with two attached hydrogens (primary N) is 1. The molecule has 39 heavy (non-hydrogen) atoms. The van der Waals surface area contributed by atoms with Crippen molar-refractivity contribution in [3.63, 3.8) is 0 Å². The third-order valence-corrected chi connectivity index (χ3v) is 6.93. The van der Waals surface area contributed by atoms with Gasteiger partial charge in [-0.25, -0.2) is 0 Å². The monoisotopic (exact) mass is 570 g/mol. The van der Waals surface area contributed by atoms with Crippen LogP contribution in [0.4, 0.5) is 11.4 Å². The number of carboxylic acids is 1. The summed E-state index contributed by atoms with van der Waals surface area (Å²) >= 11 is 12.7. The van der Waals surface area contributed by atoms with E-state index in [0.29, 0.717) is 19.1 Å². The van der Waals surface area contributed by atoms with Crippen molar-refractivity contribution in [1.82, 2.24) is 5.32 Å². The van der Waals surface area contributed by atoms with E-state index >= 15 is 0 Å². The van der Waals surface area contributed by atoms with Crippen LogP contribution in [0, 0.1) is 0 Å². The highest BCUT2D eigenvalue weighted by Crippen LogP contribution is 2.41. The Morgan fingerprint density at radius 2 is 1.85 bits per heavy atom. The van der Waals surface area contributed by atoms with Crippen molar-refractivity contribution in [2.24, 2.45) is 5.73 Å². The van der Waals surface area contributed by atoms with E-state index < -0.39 is 11.9 Å². The van der Waals surface area contributed by atoms with E-state index in [1.807, 2.05) is 24.3 Å². The van der Waals surface area contributed by atoms with Gasteiger partial charge in [-0.05, 0) is 37.1 Å². The molecule has 0 radical (unpaired) electrons. The number of nitrogens with zero attached hydrogens (tertiary/aromatic N) is 2. The summed E-state index contributed by atoms with van der Waals surface area (Å²) in [4.78, 5) is 40.9. The first-order valence-corrected chi connectivity index (χ1v) is 13.1. The molecule has 4 N–H and O–H groups in total. The minimum absolute atomic E-state index is 0.0231. The number of nitrogens with one attached hydrogen (secondary N) is 1.